The van der Waals surface area contributed by atoms with Crippen LogP contribution in [0.15, 0.2) is 11.1 Å². The molecule has 6 atom stereocenters. The van der Waals surface area contributed by atoms with Gasteiger partial charge in [0, 0.05) is 17.4 Å². The molecule has 2 nitrogen and oxygen atoms in total. The van der Waals surface area contributed by atoms with Crippen molar-refractivity contribution in [3.8, 4) is 12.3 Å². The number of carbonyl (C=O) groups is 1. The summed E-state index contributed by atoms with van der Waals surface area (Å²) in [5.74, 6) is 5.18. The molecule has 4 rings (SSSR count). The summed E-state index contributed by atoms with van der Waals surface area (Å²) in [5.41, 5.74) is 2.57. The number of terminal acetylenes is 1. The Morgan fingerprint density at radius 3 is 2.52 bits per heavy atom. The summed E-state index contributed by atoms with van der Waals surface area (Å²) in [4.78, 5) is 12.5. The number of Topliss-reactive ketones (excluding diaryl/α,β-unsaturated/α-hetero) is 1. The van der Waals surface area contributed by atoms with E-state index in [9.17, 15) is 9.90 Å². The molecule has 0 aromatic rings. The number of allylic oxidation sites excluding steroid dienone is 1. The van der Waals surface area contributed by atoms with Crippen LogP contribution in [0.4, 0.5) is 0 Å². The van der Waals surface area contributed by atoms with Gasteiger partial charge in [0.15, 0.2) is 0 Å². The van der Waals surface area contributed by atoms with Crippen LogP contribution in [0.2, 0.25) is 0 Å². The molecule has 0 aromatic carbocycles. The van der Waals surface area contributed by atoms with Gasteiger partial charge in [-0.05, 0) is 73.7 Å². The minimum absolute atomic E-state index is 0.0943. The molecule has 4 aliphatic carbocycles. The van der Waals surface area contributed by atoms with Crippen molar-refractivity contribution < 1.29 is 9.90 Å². The van der Waals surface area contributed by atoms with E-state index in [4.69, 9.17) is 6.42 Å². The van der Waals surface area contributed by atoms with E-state index >= 15 is 0 Å². The third kappa shape index (κ3) is 1.96. The van der Waals surface area contributed by atoms with E-state index in [-0.39, 0.29) is 16.9 Å². The van der Waals surface area contributed by atoms with Crippen molar-refractivity contribution in [2.75, 3.05) is 0 Å². The van der Waals surface area contributed by atoms with Crippen molar-refractivity contribution in [1.29, 1.82) is 0 Å². The van der Waals surface area contributed by atoms with Crippen molar-refractivity contribution >= 4 is 5.78 Å². The second kappa shape index (κ2) is 4.96. The monoisotopic (exact) mass is 312 g/mol. The van der Waals surface area contributed by atoms with Gasteiger partial charge in [0.05, 0.1) is 6.10 Å². The van der Waals surface area contributed by atoms with Gasteiger partial charge in [-0.15, -0.1) is 6.42 Å². The highest BCUT2D eigenvalue weighted by Crippen LogP contribution is 2.65. The molecule has 0 amide bonds. The van der Waals surface area contributed by atoms with E-state index in [1.807, 2.05) is 0 Å². The van der Waals surface area contributed by atoms with Gasteiger partial charge in [-0.1, -0.05) is 19.8 Å². The highest BCUT2D eigenvalue weighted by Gasteiger charge is 2.59. The first-order valence-electron chi connectivity index (χ1n) is 9.30. The van der Waals surface area contributed by atoms with Gasteiger partial charge < -0.3 is 5.11 Å². The minimum atomic E-state index is -0.222. The first kappa shape index (κ1) is 15.5. The van der Waals surface area contributed by atoms with Crippen LogP contribution in [0.3, 0.4) is 0 Å². The smallest absolute Gasteiger partial charge is 0.139 e. The predicted octanol–water partition coefficient (Wildman–Crippen LogP) is 3.88. The Morgan fingerprint density at radius 2 is 1.78 bits per heavy atom. The van der Waals surface area contributed by atoms with Gasteiger partial charge in [0.25, 0.3) is 0 Å². The fourth-order valence-electron chi connectivity index (χ4n) is 6.70. The Morgan fingerprint density at radius 1 is 1.09 bits per heavy atom. The number of hydrogen-bond acceptors (Lipinski definition) is 2. The lowest BCUT2D eigenvalue weighted by Crippen LogP contribution is -2.51. The number of rotatable bonds is 0. The molecule has 4 aliphatic rings. The first-order valence-corrected chi connectivity index (χ1v) is 9.30. The molecular weight excluding hydrogens is 284 g/mol. The third-order valence-electron chi connectivity index (χ3n) is 8.07. The van der Waals surface area contributed by atoms with Crippen molar-refractivity contribution in [3.63, 3.8) is 0 Å². The van der Waals surface area contributed by atoms with Crippen LogP contribution in [0, 0.1) is 40.9 Å². The number of hydrogen-bond donors (Lipinski definition) is 1. The molecule has 1 unspecified atom stereocenters. The SMILES string of the molecule is C#CC1=C2CC(O)CC[C@]2(C)[C@@H]2CC[C@]3(C)C(=O)CC[C@H]3[C@@H]2C1. The maximum Gasteiger partial charge on any atom is 0.139 e. The van der Waals surface area contributed by atoms with Gasteiger partial charge in [-0.2, -0.15) is 0 Å². The normalized spacial score (nSPS) is 49.2. The van der Waals surface area contributed by atoms with Crippen molar-refractivity contribution in [1.82, 2.24) is 0 Å². The van der Waals surface area contributed by atoms with E-state index < -0.39 is 0 Å². The molecule has 0 aromatic heterocycles. The quantitative estimate of drug-likeness (QED) is 0.689. The van der Waals surface area contributed by atoms with Crippen LogP contribution in [0.5, 0.6) is 0 Å². The largest absolute Gasteiger partial charge is 0.393 e. The van der Waals surface area contributed by atoms with Crippen LogP contribution >= 0.6 is 0 Å². The van der Waals surface area contributed by atoms with E-state index in [0.717, 1.165) is 56.9 Å². The van der Waals surface area contributed by atoms with Gasteiger partial charge in [0.2, 0.25) is 0 Å². The molecule has 3 saturated carbocycles. The van der Waals surface area contributed by atoms with Crippen LogP contribution in [-0.2, 0) is 4.79 Å². The van der Waals surface area contributed by atoms with Gasteiger partial charge in [0.1, 0.15) is 5.78 Å². The summed E-state index contributed by atoms with van der Waals surface area (Å²) >= 11 is 0. The van der Waals surface area contributed by atoms with Gasteiger partial charge in [-0.3, -0.25) is 4.79 Å². The average Bonchev–Trinajstić information content (AvgIpc) is 2.83. The standard InChI is InChI=1S/C21H28O2/c1-4-13-11-15-16-5-6-19(23)21(16,3)10-8-17(15)20(2)9-7-14(22)12-18(13)20/h1,14-17,22H,5-12H2,2-3H3/t14?,15-,16-,17+,20+,21-/m0/s1. The fraction of sp³-hybridized carbons (Fsp3) is 0.762. The summed E-state index contributed by atoms with van der Waals surface area (Å²) < 4.78 is 0. The lowest BCUT2D eigenvalue weighted by molar-refractivity contribution is -0.132. The second-order valence-corrected chi connectivity index (χ2v) is 8.91. The fourth-order valence-corrected chi connectivity index (χ4v) is 6.70. The molecule has 2 heteroatoms. The molecule has 0 saturated heterocycles. The topological polar surface area (TPSA) is 37.3 Å². The maximum atomic E-state index is 12.5. The van der Waals surface area contributed by atoms with Crippen LogP contribution in [-0.4, -0.2) is 17.0 Å². The second-order valence-electron chi connectivity index (χ2n) is 8.91. The Labute approximate surface area is 139 Å². The Balaban J connectivity index is 1.78. The maximum absolute atomic E-state index is 12.5. The zero-order valence-corrected chi connectivity index (χ0v) is 14.4. The molecule has 0 heterocycles. The number of aliphatic hydroxyl groups excluding tert-OH is 1. The van der Waals surface area contributed by atoms with Gasteiger partial charge in [-0.25, -0.2) is 0 Å². The Hall–Kier alpha value is -1.07. The van der Waals surface area contributed by atoms with Gasteiger partial charge >= 0.3 is 0 Å². The molecular formula is C21H28O2. The summed E-state index contributed by atoms with van der Waals surface area (Å²) in [6, 6.07) is 0. The lowest BCUT2D eigenvalue weighted by Gasteiger charge is -2.57. The third-order valence-corrected chi connectivity index (χ3v) is 8.07. The van der Waals surface area contributed by atoms with E-state index in [1.54, 1.807) is 0 Å². The van der Waals surface area contributed by atoms with Crippen LogP contribution in [0.25, 0.3) is 0 Å². The van der Waals surface area contributed by atoms with E-state index in [2.05, 4.69) is 19.8 Å². The van der Waals surface area contributed by atoms with Crippen molar-refractivity contribution in [2.24, 2.45) is 28.6 Å². The van der Waals surface area contributed by atoms with E-state index in [1.165, 1.54) is 5.57 Å². The highest BCUT2D eigenvalue weighted by atomic mass is 16.3. The van der Waals surface area contributed by atoms with Crippen LogP contribution in [0.1, 0.15) is 65.2 Å². The average molecular weight is 312 g/mol. The summed E-state index contributed by atoms with van der Waals surface area (Å²) in [6.45, 7) is 4.60. The minimum Gasteiger partial charge on any atom is -0.393 e. The first-order chi connectivity index (χ1) is 10.9. The molecule has 0 aliphatic heterocycles. The van der Waals surface area contributed by atoms with Crippen molar-refractivity contribution in [3.05, 3.63) is 11.1 Å². The summed E-state index contributed by atoms with van der Waals surface area (Å²) in [5, 5.41) is 10.2. The van der Waals surface area contributed by atoms with Crippen LogP contribution < -0.4 is 0 Å². The molecule has 0 radical (unpaired) electrons. The summed E-state index contributed by atoms with van der Waals surface area (Å²) in [6.07, 6.45) is 13.3. The summed E-state index contributed by atoms with van der Waals surface area (Å²) in [7, 11) is 0. The molecule has 0 spiro atoms. The number of aliphatic hydroxyl groups is 1. The Bertz CT molecular complexity index is 624. The highest BCUT2D eigenvalue weighted by molar-refractivity contribution is 5.87. The molecule has 1 N–H and O–H groups in total. The predicted molar refractivity (Wildman–Crippen MR) is 90.5 cm³/mol. The number of carbonyl (C=O) groups excluding carboxylic acids is 1. The molecule has 23 heavy (non-hydrogen) atoms. The molecule has 0 bridgehead atoms. The van der Waals surface area contributed by atoms with Crippen molar-refractivity contribution in [2.45, 2.75) is 71.3 Å². The zero-order valence-electron chi connectivity index (χ0n) is 14.4. The molecule has 3 fully saturated rings. The number of ketones is 1. The number of fused-ring (bicyclic) bond motifs is 5. The zero-order chi connectivity index (χ0) is 16.4. The molecule has 124 valence electrons. The van der Waals surface area contributed by atoms with E-state index in [0.29, 0.717) is 23.5 Å². The lowest BCUT2D eigenvalue weighted by atomic mass is 9.47. The Kier molecular flexibility index (Phi) is 3.34.